The third-order valence-corrected chi connectivity index (χ3v) is 6.26. The van der Waals surface area contributed by atoms with Crippen LogP contribution in [0, 0.1) is 11.3 Å². The first kappa shape index (κ1) is 32.4. The van der Waals surface area contributed by atoms with Gasteiger partial charge in [-0.15, -0.1) is 11.3 Å². The number of carbonyl (C=O) groups is 5. The molecule has 0 aliphatic carbocycles. The Labute approximate surface area is 239 Å². The minimum atomic E-state index is -1.37. The average Bonchev–Trinajstić information content (AvgIpc) is 3.32. The minimum Gasteiger partial charge on any atom is -0.375 e. The Morgan fingerprint density at radius 1 is 1.10 bits per heavy atom. The molecule has 220 valence electrons. The lowest BCUT2D eigenvalue weighted by atomic mass is 10.1. The smallest absolute Gasteiger partial charge is 0.246 e. The summed E-state index contributed by atoms with van der Waals surface area (Å²) in [5, 5.41) is 19.5. The summed E-state index contributed by atoms with van der Waals surface area (Å²) in [6.07, 6.45) is -0.296. The molecule has 16 nitrogen and oxygen atoms in total. The number of nitrogens with one attached hydrogen (secondary N) is 4. The number of methoxy groups -OCH3 is 1. The number of nitrogens with zero attached hydrogens (tertiary/aromatic N) is 3. The molecule has 0 radical (unpaired) electrons. The van der Waals surface area contributed by atoms with Crippen molar-refractivity contribution in [3.63, 3.8) is 0 Å². The lowest BCUT2D eigenvalue weighted by molar-refractivity contribution is -0.132. The van der Waals surface area contributed by atoms with Gasteiger partial charge >= 0.3 is 0 Å². The van der Waals surface area contributed by atoms with Gasteiger partial charge in [-0.25, -0.2) is 4.98 Å². The number of rotatable bonds is 16. The topological polar surface area (TPSA) is 270 Å². The van der Waals surface area contributed by atoms with Gasteiger partial charge in [0, 0.05) is 32.3 Å². The van der Waals surface area contributed by atoms with Crippen molar-refractivity contribution in [3.05, 3.63) is 23.2 Å². The third kappa shape index (κ3) is 11.4. The van der Waals surface area contributed by atoms with Crippen molar-refractivity contribution in [2.24, 2.45) is 22.2 Å². The van der Waals surface area contributed by atoms with Gasteiger partial charge in [-0.1, -0.05) is 0 Å². The van der Waals surface area contributed by atoms with E-state index in [4.69, 9.17) is 22.5 Å². The van der Waals surface area contributed by atoms with E-state index in [-0.39, 0.29) is 43.5 Å². The van der Waals surface area contributed by atoms with Crippen LogP contribution in [0.1, 0.15) is 30.7 Å². The predicted octanol–water partition coefficient (Wildman–Crippen LogP) is -1.84. The summed E-state index contributed by atoms with van der Waals surface area (Å²) in [7, 11) is 1.35. The van der Waals surface area contributed by atoms with Crippen LogP contribution >= 0.6 is 11.3 Å². The van der Waals surface area contributed by atoms with Crippen LogP contribution < -0.4 is 38.5 Å². The Bertz CT molecular complexity index is 1330. The Kier molecular flexibility index (Phi) is 12.9. The zero-order valence-corrected chi connectivity index (χ0v) is 23.1. The van der Waals surface area contributed by atoms with Crippen molar-refractivity contribution in [2.75, 3.05) is 32.1 Å². The number of aliphatic imine (C=N–C) groups is 1. The van der Waals surface area contributed by atoms with Crippen molar-refractivity contribution in [2.45, 2.75) is 37.8 Å². The van der Waals surface area contributed by atoms with Gasteiger partial charge < -0.3 is 43.2 Å². The third-order valence-electron chi connectivity index (χ3n) is 5.34. The maximum Gasteiger partial charge on any atom is 0.246 e. The molecular formula is C24H32N10O6S. The molecule has 17 heteroatoms. The summed E-state index contributed by atoms with van der Waals surface area (Å²) in [5.74, 6) is -3.46. The Hall–Kier alpha value is -4.82. The van der Waals surface area contributed by atoms with Gasteiger partial charge in [0.15, 0.2) is 11.0 Å². The Morgan fingerprint density at radius 3 is 2.51 bits per heavy atom. The van der Waals surface area contributed by atoms with E-state index in [1.807, 2.05) is 6.07 Å². The largest absolute Gasteiger partial charge is 0.375 e. The summed E-state index contributed by atoms with van der Waals surface area (Å²) in [6.45, 7) is -0.0311. The predicted molar refractivity (Wildman–Crippen MR) is 150 cm³/mol. The second kappa shape index (κ2) is 16.3. The van der Waals surface area contributed by atoms with Gasteiger partial charge in [-0.05, 0) is 31.0 Å². The first-order valence-corrected chi connectivity index (χ1v) is 13.1. The van der Waals surface area contributed by atoms with Crippen LogP contribution in [0.3, 0.4) is 0 Å². The van der Waals surface area contributed by atoms with Gasteiger partial charge in [0.25, 0.3) is 0 Å². The second-order valence-corrected chi connectivity index (χ2v) is 9.67. The fraction of sp³-hybridized carbons (Fsp3) is 0.417. The van der Waals surface area contributed by atoms with E-state index in [0.717, 1.165) is 11.3 Å². The highest BCUT2D eigenvalue weighted by Crippen LogP contribution is 2.25. The number of anilines is 1. The van der Waals surface area contributed by atoms with Crippen LogP contribution in [0.2, 0.25) is 0 Å². The van der Waals surface area contributed by atoms with Crippen LogP contribution in [0.15, 0.2) is 23.2 Å². The molecule has 0 aliphatic rings. The van der Waals surface area contributed by atoms with E-state index in [0.29, 0.717) is 22.3 Å². The van der Waals surface area contributed by atoms with E-state index in [1.54, 1.807) is 18.2 Å². The normalized spacial score (nSPS) is 11.9. The highest BCUT2D eigenvalue weighted by atomic mass is 32.1. The van der Waals surface area contributed by atoms with Gasteiger partial charge in [0.05, 0.1) is 16.6 Å². The fourth-order valence-corrected chi connectivity index (χ4v) is 4.30. The molecule has 2 atom stereocenters. The number of aromatic nitrogens is 1. The van der Waals surface area contributed by atoms with Crippen LogP contribution in [-0.2, 0) is 28.7 Å². The molecule has 0 saturated heterocycles. The van der Waals surface area contributed by atoms with Crippen molar-refractivity contribution >= 4 is 62.7 Å². The SMILES string of the molecule is COCC(=O)NCCC(=O)N[C@@H](CC(N)=O)C(=O)N[C@@H](CCCN=C(N)N)C(=O)Nc1ccc2nc(C#N)sc2c1. The molecule has 5 amide bonds. The molecule has 0 spiro atoms. The number of carbonyl (C=O) groups excluding carboxylic acids is 5. The molecule has 0 bridgehead atoms. The number of benzene rings is 1. The number of ether oxygens (including phenoxy) is 1. The van der Waals surface area contributed by atoms with Crippen molar-refractivity contribution in [3.8, 4) is 6.07 Å². The van der Waals surface area contributed by atoms with Crippen LogP contribution in [-0.4, -0.2) is 79.4 Å². The number of primary amides is 1. The lowest BCUT2D eigenvalue weighted by Gasteiger charge is -2.22. The maximum absolute atomic E-state index is 13.2. The quantitative estimate of drug-likeness (QED) is 0.0653. The molecule has 2 aromatic rings. The number of hydrogen-bond acceptors (Lipinski definition) is 10. The molecule has 0 aliphatic heterocycles. The molecule has 1 heterocycles. The first-order chi connectivity index (χ1) is 19.5. The fourth-order valence-electron chi connectivity index (χ4n) is 3.50. The first-order valence-electron chi connectivity index (χ1n) is 12.3. The van der Waals surface area contributed by atoms with E-state index >= 15 is 0 Å². The molecule has 0 fully saturated rings. The molecule has 0 saturated carbocycles. The molecule has 10 N–H and O–H groups in total. The Balaban J connectivity index is 2.13. The number of nitrogens with two attached hydrogens (primary N) is 3. The van der Waals surface area contributed by atoms with Gasteiger partial charge in [0.1, 0.15) is 24.8 Å². The molecule has 0 unspecified atom stereocenters. The minimum absolute atomic E-state index is 0.0330. The molecule has 2 rings (SSSR count). The molecular weight excluding hydrogens is 556 g/mol. The number of nitriles is 1. The maximum atomic E-state index is 13.2. The monoisotopic (exact) mass is 588 g/mol. The second-order valence-electron chi connectivity index (χ2n) is 8.64. The summed E-state index contributed by atoms with van der Waals surface area (Å²) in [5.41, 5.74) is 17.0. The zero-order chi connectivity index (χ0) is 30.4. The number of guanidine groups is 1. The van der Waals surface area contributed by atoms with Gasteiger partial charge in [0.2, 0.25) is 29.5 Å². The van der Waals surface area contributed by atoms with E-state index in [2.05, 4.69) is 36.0 Å². The number of thiazole rings is 1. The van der Waals surface area contributed by atoms with Crippen molar-refractivity contribution in [1.29, 1.82) is 5.26 Å². The standard InChI is InChI=1S/C24H32N10O6S/c1-40-12-20(37)29-8-6-19(36)32-16(10-18(26)35)23(39)34-15(3-2-7-30-24(27)28)22(38)31-13-4-5-14-17(9-13)41-21(11-25)33-14/h4-5,9,15-16H,2-3,6-8,10,12H2,1H3,(H2,26,35)(H,29,37)(H,31,38)(H,32,36)(H,34,39)(H4,27,28,30)/t15-,16-/m0/s1. The number of fused-ring (bicyclic) bond motifs is 1. The zero-order valence-electron chi connectivity index (χ0n) is 22.3. The summed E-state index contributed by atoms with van der Waals surface area (Å²) < 4.78 is 5.36. The lowest BCUT2D eigenvalue weighted by Crippen LogP contribution is -2.54. The number of amides is 5. The van der Waals surface area contributed by atoms with Gasteiger partial charge in [-0.2, -0.15) is 5.26 Å². The average molecular weight is 589 g/mol. The Morgan fingerprint density at radius 2 is 1.85 bits per heavy atom. The van der Waals surface area contributed by atoms with E-state index in [1.165, 1.54) is 7.11 Å². The van der Waals surface area contributed by atoms with E-state index in [9.17, 15) is 24.0 Å². The molecule has 1 aromatic heterocycles. The summed E-state index contributed by atoms with van der Waals surface area (Å²) >= 11 is 1.16. The molecule has 1 aromatic carbocycles. The van der Waals surface area contributed by atoms with Crippen LogP contribution in [0.4, 0.5) is 5.69 Å². The van der Waals surface area contributed by atoms with Crippen molar-refractivity contribution in [1.82, 2.24) is 20.9 Å². The summed E-state index contributed by atoms with van der Waals surface area (Å²) in [4.78, 5) is 69.8. The van der Waals surface area contributed by atoms with Crippen molar-refractivity contribution < 1.29 is 28.7 Å². The highest BCUT2D eigenvalue weighted by Gasteiger charge is 2.28. The van der Waals surface area contributed by atoms with Crippen LogP contribution in [0.25, 0.3) is 10.2 Å². The summed E-state index contributed by atoms with van der Waals surface area (Å²) in [6, 6.07) is 4.37. The van der Waals surface area contributed by atoms with E-state index < -0.39 is 48.0 Å². The van der Waals surface area contributed by atoms with Crippen LogP contribution in [0.5, 0.6) is 0 Å². The highest BCUT2D eigenvalue weighted by molar-refractivity contribution is 7.19. The number of hydrogen-bond donors (Lipinski definition) is 7. The van der Waals surface area contributed by atoms with Gasteiger partial charge in [-0.3, -0.25) is 29.0 Å². The molecule has 41 heavy (non-hydrogen) atoms.